The number of aliphatic hydroxyl groups excluding tert-OH is 1. The van der Waals surface area contributed by atoms with E-state index in [1.54, 1.807) is 0 Å². The summed E-state index contributed by atoms with van der Waals surface area (Å²) in [5, 5.41) is 9.60. The topological polar surface area (TPSA) is 33.4 Å². The fraction of sp³-hybridized carbons (Fsp3) is 0.167. The third kappa shape index (κ3) is 2.33. The molecular weight excluding hydrogens is 271 g/mol. The van der Waals surface area contributed by atoms with Crippen molar-refractivity contribution in [1.29, 1.82) is 0 Å². The van der Waals surface area contributed by atoms with Crippen molar-refractivity contribution in [3.8, 4) is 0 Å². The molecule has 2 nitrogen and oxygen atoms in total. The maximum absolute atomic E-state index is 13.4. The van der Waals surface area contributed by atoms with Gasteiger partial charge >= 0.3 is 0 Å². The first kappa shape index (κ1) is 13.5. The predicted molar refractivity (Wildman–Crippen MR) is 53.6 cm³/mol. The van der Waals surface area contributed by atoms with E-state index in [0.29, 0.717) is 0 Å². The normalized spacial score (nSPS) is 12.7. The first-order valence-corrected chi connectivity index (χ1v) is 5.15. The monoisotopic (exact) mass is 278 g/mol. The molecule has 0 fully saturated rings. The SMILES string of the molecule is OC(Cc1ccco1)c1c(F)c(F)c(F)c(F)c1F. The summed E-state index contributed by atoms with van der Waals surface area (Å²) in [5.74, 6) is -10.4. The molecule has 1 N–H and O–H groups in total. The number of halogens is 5. The molecule has 1 aromatic heterocycles. The molecule has 1 unspecified atom stereocenters. The summed E-state index contributed by atoms with van der Waals surface area (Å²) < 4.78 is 70.3. The van der Waals surface area contributed by atoms with Crippen molar-refractivity contribution in [2.75, 3.05) is 0 Å². The second kappa shape index (κ2) is 5.00. The van der Waals surface area contributed by atoms with Crippen molar-refractivity contribution >= 4 is 0 Å². The van der Waals surface area contributed by atoms with Crippen molar-refractivity contribution in [2.24, 2.45) is 0 Å². The zero-order valence-electron chi connectivity index (χ0n) is 9.26. The lowest BCUT2D eigenvalue weighted by molar-refractivity contribution is 0.156. The molecule has 2 rings (SSSR count). The summed E-state index contributed by atoms with van der Waals surface area (Å²) in [4.78, 5) is 0. The molecule has 2 aromatic rings. The highest BCUT2D eigenvalue weighted by molar-refractivity contribution is 5.26. The van der Waals surface area contributed by atoms with Crippen LogP contribution in [0.2, 0.25) is 0 Å². The molecule has 0 aliphatic heterocycles. The number of benzene rings is 1. The maximum Gasteiger partial charge on any atom is 0.200 e. The molecule has 0 bridgehead atoms. The average molecular weight is 278 g/mol. The molecule has 0 saturated heterocycles. The van der Waals surface area contributed by atoms with E-state index in [9.17, 15) is 27.1 Å². The van der Waals surface area contributed by atoms with Crippen molar-refractivity contribution in [3.63, 3.8) is 0 Å². The minimum absolute atomic E-state index is 0.149. The molecule has 7 heteroatoms. The average Bonchev–Trinajstić information content (AvgIpc) is 2.87. The van der Waals surface area contributed by atoms with Crippen LogP contribution in [0.15, 0.2) is 22.8 Å². The van der Waals surface area contributed by atoms with Crippen LogP contribution >= 0.6 is 0 Å². The van der Waals surface area contributed by atoms with Crippen molar-refractivity contribution in [3.05, 3.63) is 58.8 Å². The van der Waals surface area contributed by atoms with Crippen molar-refractivity contribution < 1.29 is 31.5 Å². The summed E-state index contributed by atoms with van der Waals surface area (Å²) >= 11 is 0. The van der Waals surface area contributed by atoms with Gasteiger partial charge in [-0.15, -0.1) is 0 Å². The van der Waals surface area contributed by atoms with Crippen molar-refractivity contribution in [2.45, 2.75) is 12.5 Å². The van der Waals surface area contributed by atoms with E-state index < -0.39 is 47.2 Å². The van der Waals surface area contributed by atoms with Crippen LogP contribution in [0.25, 0.3) is 0 Å². The standard InChI is InChI=1S/C12H7F5O2/c13-8-7(6(18)4-5-2-1-3-19-5)9(14)11(16)12(17)10(8)15/h1-3,6,18H,4H2. The Bertz CT molecular complexity index is 566. The van der Waals surface area contributed by atoms with Gasteiger partial charge in [-0.2, -0.15) is 0 Å². The van der Waals surface area contributed by atoms with Gasteiger partial charge in [-0.05, 0) is 12.1 Å². The summed E-state index contributed by atoms with van der Waals surface area (Å²) in [6.07, 6.45) is -1.07. The molecule has 1 heterocycles. The van der Waals surface area contributed by atoms with Gasteiger partial charge in [0.2, 0.25) is 5.82 Å². The Balaban J connectivity index is 2.44. The highest BCUT2D eigenvalue weighted by Crippen LogP contribution is 2.29. The smallest absolute Gasteiger partial charge is 0.200 e. The Hall–Kier alpha value is -1.89. The van der Waals surface area contributed by atoms with E-state index >= 15 is 0 Å². The first-order valence-electron chi connectivity index (χ1n) is 5.15. The zero-order valence-corrected chi connectivity index (χ0v) is 9.26. The molecule has 0 radical (unpaired) electrons. The third-order valence-electron chi connectivity index (χ3n) is 2.55. The van der Waals surface area contributed by atoms with E-state index in [0.717, 1.165) is 0 Å². The largest absolute Gasteiger partial charge is 0.469 e. The van der Waals surface area contributed by atoms with Gasteiger partial charge in [0.25, 0.3) is 0 Å². The Morgan fingerprint density at radius 3 is 1.95 bits per heavy atom. The summed E-state index contributed by atoms with van der Waals surface area (Å²) in [6, 6.07) is 2.86. The number of hydrogen-bond donors (Lipinski definition) is 1. The van der Waals surface area contributed by atoms with Gasteiger partial charge in [0.15, 0.2) is 23.3 Å². The van der Waals surface area contributed by atoms with Crippen LogP contribution in [0.3, 0.4) is 0 Å². The molecule has 0 aliphatic rings. The fourth-order valence-corrected chi connectivity index (χ4v) is 1.64. The van der Waals surface area contributed by atoms with Gasteiger partial charge in [0, 0.05) is 6.42 Å². The van der Waals surface area contributed by atoms with Crippen LogP contribution in [0, 0.1) is 29.1 Å². The molecule has 102 valence electrons. The number of rotatable bonds is 3. The van der Waals surface area contributed by atoms with E-state index in [-0.39, 0.29) is 5.76 Å². The van der Waals surface area contributed by atoms with E-state index in [4.69, 9.17) is 4.42 Å². The van der Waals surface area contributed by atoms with Gasteiger partial charge in [0.05, 0.1) is 17.9 Å². The minimum Gasteiger partial charge on any atom is -0.469 e. The quantitative estimate of drug-likeness (QED) is 0.531. The Morgan fingerprint density at radius 2 is 1.47 bits per heavy atom. The van der Waals surface area contributed by atoms with E-state index in [2.05, 4.69) is 0 Å². The molecule has 1 aromatic carbocycles. The van der Waals surface area contributed by atoms with Crippen LogP contribution in [0.1, 0.15) is 17.4 Å². The Morgan fingerprint density at radius 1 is 0.947 bits per heavy atom. The van der Waals surface area contributed by atoms with E-state index in [1.807, 2.05) is 0 Å². The van der Waals surface area contributed by atoms with Crippen LogP contribution in [0.4, 0.5) is 22.0 Å². The van der Waals surface area contributed by atoms with E-state index in [1.165, 1.54) is 18.4 Å². The lowest BCUT2D eigenvalue weighted by atomic mass is 10.0. The van der Waals surface area contributed by atoms with Crippen LogP contribution in [-0.2, 0) is 6.42 Å². The van der Waals surface area contributed by atoms with Gasteiger partial charge in [-0.25, -0.2) is 22.0 Å². The lowest BCUT2D eigenvalue weighted by Gasteiger charge is -2.13. The Kier molecular flexibility index (Phi) is 3.57. The second-order valence-corrected chi connectivity index (χ2v) is 3.78. The number of furan rings is 1. The zero-order chi connectivity index (χ0) is 14.2. The van der Waals surface area contributed by atoms with Gasteiger partial charge in [0.1, 0.15) is 5.76 Å². The lowest BCUT2D eigenvalue weighted by Crippen LogP contribution is -2.13. The Labute approximate surface area is 104 Å². The molecular formula is C12H7F5O2. The molecule has 0 amide bonds. The summed E-state index contributed by atoms with van der Waals surface area (Å²) in [6.45, 7) is 0. The van der Waals surface area contributed by atoms with Gasteiger partial charge in [-0.1, -0.05) is 0 Å². The molecule has 0 saturated carbocycles. The molecule has 0 aliphatic carbocycles. The highest BCUT2D eigenvalue weighted by Gasteiger charge is 2.29. The molecule has 1 atom stereocenters. The predicted octanol–water partition coefficient (Wildman–Crippen LogP) is 3.25. The third-order valence-corrected chi connectivity index (χ3v) is 2.55. The second-order valence-electron chi connectivity index (χ2n) is 3.78. The maximum atomic E-state index is 13.4. The summed E-state index contributed by atoms with van der Waals surface area (Å²) in [5.41, 5.74) is -1.27. The number of hydrogen-bond acceptors (Lipinski definition) is 2. The van der Waals surface area contributed by atoms with Crippen molar-refractivity contribution in [1.82, 2.24) is 0 Å². The molecule has 19 heavy (non-hydrogen) atoms. The molecule has 0 spiro atoms. The fourth-order valence-electron chi connectivity index (χ4n) is 1.64. The number of aliphatic hydroxyl groups is 1. The van der Waals surface area contributed by atoms with Gasteiger partial charge in [-0.3, -0.25) is 0 Å². The van der Waals surface area contributed by atoms with Gasteiger partial charge < -0.3 is 9.52 Å². The first-order chi connectivity index (χ1) is 8.93. The summed E-state index contributed by atoms with van der Waals surface area (Å²) in [7, 11) is 0. The van der Waals surface area contributed by atoms with Crippen LogP contribution in [-0.4, -0.2) is 5.11 Å². The van der Waals surface area contributed by atoms with Crippen LogP contribution < -0.4 is 0 Å². The van der Waals surface area contributed by atoms with Crippen LogP contribution in [0.5, 0.6) is 0 Å². The highest BCUT2D eigenvalue weighted by atomic mass is 19.2. The minimum atomic E-state index is -2.26.